The molecule has 0 unspecified atom stereocenters. The smallest absolute Gasteiger partial charge is 0.335 e. The number of rotatable bonds is 7. The summed E-state index contributed by atoms with van der Waals surface area (Å²) in [5.41, 5.74) is 8.82. The average molecular weight is 385 g/mol. The first kappa shape index (κ1) is 22.7. The molecule has 1 aliphatic rings. The lowest BCUT2D eigenvalue weighted by atomic mass is 9.91. The first-order valence-electron chi connectivity index (χ1n) is 8.94. The Morgan fingerprint density at radius 2 is 1.67 bits per heavy atom. The van der Waals surface area contributed by atoms with Crippen LogP contribution in [0.4, 0.5) is 0 Å². The quantitative estimate of drug-likeness (QED) is 0.276. The number of nitrogens with zero attached hydrogens (tertiary/aromatic N) is 2. The predicted octanol–water partition coefficient (Wildman–Crippen LogP) is -0.996. The average Bonchev–Trinajstić information content (AvgIpc) is 2.80. The maximum absolute atomic E-state index is 13.2. The number of carboxylic acids is 1. The number of hydrogen-bond donors (Lipinski definition) is 5. The molecule has 10 heteroatoms. The fourth-order valence-electron chi connectivity index (χ4n) is 3.79. The van der Waals surface area contributed by atoms with E-state index in [1.165, 1.54) is 6.92 Å². The van der Waals surface area contributed by atoms with Gasteiger partial charge in [0.15, 0.2) is 11.6 Å². The van der Waals surface area contributed by atoms with E-state index in [0.717, 1.165) is 0 Å². The van der Waals surface area contributed by atoms with Crippen molar-refractivity contribution in [1.82, 2.24) is 10.2 Å². The summed E-state index contributed by atoms with van der Waals surface area (Å²) in [6, 6.07) is -2.17. The zero-order valence-corrected chi connectivity index (χ0v) is 16.5. The van der Waals surface area contributed by atoms with Crippen LogP contribution in [-0.4, -0.2) is 68.6 Å². The van der Waals surface area contributed by atoms with E-state index in [2.05, 4.69) is 10.3 Å². The van der Waals surface area contributed by atoms with Gasteiger partial charge in [-0.05, 0) is 34.1 Å². The summed E-state index contributed by atoms with van der Waals surface area (Å²) in [6.07, 6.45) is -0.512. The lowest BCUT2D eigenvalue weighted by Crippen LogP contribution is -2.56. The summed E-state index contributed by atoms with van der Waals surface area (Å²) in [5, 5.41) is 22.4. The number of nitrogens with two attached hydrogens (primary N) is 2. The molecular weight excluding hydrogens is 354 g/mol. The van der Waals surface area contributed by atoms with Crippen LogP contribution in [0.5, 0.6) is 0 Å². The molecule has 27 heavy (non-hydrogen) atoms. The predicted molar refractivity (Wildman–Crippen MR) is 99.6 cm³/mol. The van der Waals surface area contributed by atoms with Crippen molar-refractivity contribution < 1.29 is 24.6 Å². The molecule has 1 saturated carbocycles. The standard InChI is InChI=1S/C17H31N5O5/c1-8(2)22(9(3)4)14(24)13(20-10(5)23)11-6-17(27,15(25)26)7-12(11)21-16(18)19/h8-9,11-13,27H,6-7H2,1-5H3,(H,20,23)(H,25,26)(H4,18,19,21)/t11-,12-,13+,17+/m0/s1. The van der Waals surface area contributed by atoms with Crippen molar-refractivity contribution in [2.75, 3.05) is 0 Å². The number of carbonyl (C=O) groups excluding carboxylic acids is 2. The summed E-state index contributed by atoms with van der Waals surface area (Å²) < 4.78 is 0. The van der Waals surface area contributed by atoms with Gasteiger partial charge in [0.05, 0.1) is 6.04 Å². The Morgan fingerprint density at radius 3 is 2.04 bits per heavy atom. The Labute approximate surface area is 159 Å². The van der Waals surface area contributed by atoms with E-state index < -0.39 is 35.5 Å². The molecule has 1 aliphatic carbocycles. The van der Waals surface area contributed by atoms with Crippen molar-refractivity contribution in [3.63, 3.8) is 0 Å². The lowest BCUT2D eigenvalue weighted by molar-refractivity contribution is -0.158. The molecule has 0 saturated heterocycles. The molecule has 0 aromatic heterocycles. The number of aliphatic hydroxyl groups is 1. The largest absolute Gasteiger partial charge is 0.479 e. The second-order valence-electron chi connectivity index (χ2n) is 7.64. The van der Waals surface area contributed by atoms with E-state index in [9.17, 15) is 24.6 Å². The van der Waals surface area contributed by atoms with Crippen LogP contribution in [0, 0.1) is 5.92 Å². The Bertz CT molecular complexity index is 609. The fourth-order valence-corrected chi connectivity index (χ4v) is 3.79. The Kier molecular flexibility index (Phi) is 7.18. The zero-order valence-electron chi connectivity index (χ0n) is 16.5. The molecule has 4 atom stereocenters. The Morgan fingerprint density at radius 1 is 1.15 bits per heavy atom. The van der Waals surface area contributed by atoms with Crippen molar-refractivity contribution in [2.45, 2.75) is 77.2 Å². The normalized spacial score (nSPS) is 25.9. The molecule has 0 aromatic rings. The molecule has 0 radical (unpaired) electrons. The third-order valence-corrected chi connectivity index (χ3v) is 4.75. The number of hydrogen-bond acceptors (Lipinski definition) is 5. The van der Waals surface area contributed by atoms with E-state index >= 15 is 0 Å². The minimum absolute atomic E-state index is 0.143. The maximum atomic E-state index is 13.2. The topological polar surface area (TPSA) is 171 Å². The summed E-state index contributed by atoms with van der Waals surface area (Å²) in [4.78, 5) is 42.1. The van der Waals surface area contributed by atoms with E-state index in [-0.39, 0.29) is 36.8 Å². The van der Waals surface area contributed by atoms with Crippen molar-refractivity contribution in [2.24, 2.45) is 22.4 Å². The molecule has 0 heterocycles. The summed E-state index contributed by atoms with van der Waals surface area (Å²) in [7, 11) is 0. The van der Waals surface area contributed by atoms with Crippen molar-refractivity contribution in [1.29, 1.82) is 0 Å². The number of amides is 2. The molecule has 7 N–H and O–H groups in total. The summed E-state index contributed by atoms with van der Waals surface area (Å²) in [5.74, 6) is -3.29. The van der Waals surface area contributed by atoms with Crippen LogP contribution >= 0.6 is 0 Å². The summed E-state index contributed by atoms with van der Waals surface area (Å²) >= 11 is 0. The molecule has 1 rings (SSSR count). The van der Waals surface area contributed by atoms with Gasteiger partial charge in [-0.15, -0.1) is 0 Å². The van der Waals surface area contributed by atoms with Gasteiger partial charge in [-0.2, -0.15) is 0 Å². The third kappa shape index (κ3) is 5.31. The number of carboxylic acid groups (broad SMARTS) is 1. The highest BCUT2D eigenvalue weighted by Crippen LogP contribution is 2.39. The maximum Gasteiger partial charge on any atom is 0.335 e. The van der Waals surface area contributed by atoms with Crippen molar-refractivity contribution in [3.8, 4) is 0 Å². The Hall–Kier alpha value is -2.36. The van der Waals surface area contributed by atoms with E-state index in [0.29, 0.717) is 0 Å². The van der Waals surface area contributed by atoms with Crippen LogP contribution in [0.3, 0.4) is 0 Å². The van der Waals surface area contributed by atoms with Crippen LogP contribution in [-0.2, 0) is 14.4 Å². The number of aliphatic imine (C=N–C) groups is 1. The Balaban J connectivity index is 3.37. The lowest BCUT2D eigenvalue weighted by Gasteiger charge is -2.37. The molecule has 0 aliphatic heterocycles. The second-order valence-corrected chi connectivity index (χ2v) is 7.64. The molecule has 0 spiro atoms. The molecule has 2 amide bonds. The first-order valence-corrected chi connectivity index (χ1v) is 8.94. The molecular formula is C17H31N5O5. The van der Waals surface area contributed by atoms with Gasteiger partial charge in [0.25, 0.3) is 0 Å². The van der Waals surface area contributed by atoms with Crippen LogP contribution < -0.4 is 16.8 Å². The highest BCUT2D eigenvalue weighted by Gasteiger charge is 2.54. The zero-order chi connectivity index (χ0) is 21.1. The monoisotopic (exact) mass is 385 g/mol. The van der Waals surface area contributed by atoms with Gasteiger partial charge < -0.3 is 31.9 Å². The highest BCUT2D eigenvalue weighted by molar-refractivity contribution is 5.88. The van der Waals surface area contributed by atoms with E-state index in [4.69, 9.17) is 11.5 Å². The third-order valence-electron chi connectivity index (χ3n) is 4.75. The van der Waals surface area contributed by atoms with Gasteiger partial charge in [-0.1, -0.05) is 0 Å². The van der Waals surface area contributed by atoms with Crippen molar-refractivity contribution in [3.05, 3.63) is 0 Å². The minimum atomic E-state index is -2.08. The van der Waals surface area contributed by atoms with E-state index in [1.54, 1.807) is 4.90 Å². The van der Waals surface area contributed by atoms with Gasteiger partial charge in [-0.3, -0.25) is 9.59 Å². The number of guanidine groups is 1. The number of aliphatic carboxylic acids is 1. The van der Waals surface area contributed by atoms with Crippen molar-refractivity contribution >= 4 is 23.7 Å². The van der Waals surface area contributed by atoms with Gasteiger partial charge in [-0.25, -0.2) is 9.79 Å². The van der Waals surface area contributed by atoms with E-state index in [1.807, 2.05) is 27.7 Å². The van der Waals surface area contributed by atoms with Crippen LogP contribution in [0.1, 0.15) is 47.5 Å². The minimum Gasteiger partial charge on any atom is -0.479 e. The van der Waals surface area contributed by atoms with Crippen LogP contribution in [0.2, 0.25) is 0 Å². The van der Waals surface area contributed by atoms with Gasteiger partial charge in [0.2, 0.25) is 11.8 Å². The van der Waals surface area contributed by atoms with Gasteiger partial charge >= 0.3 is 5.97 Å². The molecule has 10 nitrogen and oxygen atoms in total. The fraction of sp³-hybridized carbons (Fsp3) is 0.765. The summed E-state index contributed by atoms with van der Waals surface area (Å²) in [6.45, 7) is 8.65. The van der Waals surface area contributed by atoms with Crippen LogP contribution in [0.25, 0.3) is 0 Å². The second kappa shape index (κ2) is 8.55. The molecule has 1 fully saturated rings. The highest BCUT2D eigenvalue weighted by atomic mass is 16.4. The van der Waals surface area contributed by atoms with Crippen LogP contribution in [0.15, 0.2) is 4.99 Å². The SMILES string of the molecule is CC(=O)N[C@@H](C(=O)N(C(C)C)C(C)C)[C@H]1C[C@](O)(C(=O)O)C[C@@H]1N=C(N)N. The number of nitrogens with one attached hydrogen (secondary N) is 1. The molecule has 154 valence electrons. The molecule has 0 bridgehead atoms. The first-order chi connectivity index (χ1) is 12.3. The number of carbonyl (C=O) groups is 3. The molecule has 0 aromatic carbocycles. The van der Waals surface area contributed by atoms with Gasteiger partial charge in [0.1, 0.15) is 6.04 Å². The van der Waals surface area contributed by atoms with Gasteiger partial charge in [0, 0.05) is 31.3 Å².